The average molecular weight is 163 g/mol. The van der Waals surface area contributed by atoms with Gasteiger partial charge in [0.1, 0.15) is 5.71 Å². The lowest BCUT2D eigenvalue weighted by Gasteiger charge is -2.00. The van der Waals surface area contributed by atoms with Crippen LogP contribution >= 0.6 is 0 Å². The first kappa shape index (κ1) is 7.12. The highest BCUT2D eigenvalue weighted by Gasteiger charge is 2.24. The lowest BCUT2D eigenvalue weighted by atomic mass is 10.1. The van der Waals surface area contributed by atoms with Crippen LogP contribution in [0.15, 0.2) is 29.4 Å². The molecule has 0 saturated carbocycles. The number of hydrogen-bond acceptors (Lipinski definition) is 4. The van der Waals surface area contributed by atoms with Crippen LogP contribution in [0.2, 0.25) is 0 Å². The van der Waals surface area contributed by atoms with Crippen molar-refractivity contribution in [2.45, 2.75) is 6.23 Å². The first-order valence-electron chi connectivity index (χ1n) is 3.64. The van der Waals surface area contributed by atoms with Crippen LogP contribution in [0.4, 0.5) is 5.69 Å². The van der Waals surface area contributed by atoms with Gasteiger partial charge in [-0.05, 0) is 6.07 Å². The third kappa shape index (κ3) is 0.853. The quantitative estimate of drug-likeness (QED) is 0.375. The molecular weight excluding hydrogens is 154 g/mol. The summed E-state index contributed by atoms with van der Waals surface area (Å²) in [6.07, 6.45) is -0.771. The summed E-state index contributed by atoms with van der Waals surface area (Å²) in [6, 6.07) is 7.50. The smallest absolute Gasteiger partial charge is 0.170 e. The zero-order valence-corrected chi connectivity index (χ0v) is 6.36. The Morgan fingerprint density at radius 3 is 2.92 bits per heavy atom. The molecule has 1 unspecified atom stereocenters. The van der Waals surface area contributed by atoms with E-state index in [1.807, 2.05) is 24.3 Å². The molecule has 62 valence electrons. The fourth-order valence-electron chi connectivity index (χ4n) is 1.34. The van der Waals surface area contributed by atoms with Crippen molar-refractivity contribution in [3.8, 4) is 0 Å². The Labute approximate surface area is 69.7 Å². The van der Waals surface area contributed by atoms with Crippen molar-refractivity contribution in [2.75, 3.05) is 5.32 Å². The van der Waals surface area contributed by atoms with E-state index in [1.165, 1.54) is 0 Å². The van der Waals surface area contributed by atoms with Crippen LogP contribution in [0, 0.1) is 0 Å². The van der Waals surface area contributed by atoms with E-state index in [1.54, 1.807) is 0 Å². The monoisotopic (exact) mass is 163 g/mol. The minimum atomic E-state index is -0.771. The molecule has 0 amide bonds. The molecule has 0 radical (unpaired) electrons. The summed E-state index contributed by atoms with van der Waals surface area (Å²) >= 11 is 0. The van der Waals surface area contributed by atoms with Gasteiger partial charge in [0.2, 0.25) is 0 Å². The molecule has 1 aliphatic rings. The summed E-state index contributed by atoms with van der Waals surface area (Å²) in [5, 5.41) is 15.7. The molecule has 1 aromatic carbocycles. The summed E-state index contributed by atoms with van der Waals surface area (Å²) in [7, 11) is 0. The Kier molecular flexibility index (Phi) is 1.48. The molecule has 0 aromatic heterocycles. The minimum absolute atomic E-state index is 0.491. The third-order valence-electron chi connectivity index (χ3n) is 1.89. The number of para-hydroxylation sites is 1. The number of fused-ring (bicyclic) bond motifs is 1. The van der Waals surface area contributed by atoms with Crippen LogP contribution < -0.4 is 11.2 Å². The molecule has 0 spiro atoms. The van der Waals surface area contributed by atoms with Crippen LogP contribution in [-0.4, -0.2) is 17.0 Å². The maximum atomic E-state index is 9.39. The Bertz CT molecular complexity index is 335. The maximum absolute atomic E-state index is 9.39. The molecule has 4 N–H and O–H groups in total. The van der Waals surface area contributed by atoms with E-state index in [9.17, 15) is 5.11 Å². The fraction of sp³-hybridized carbons (Fsp3) is 0.125. The average Bonchev–Trinajstić information content (AvgIpc) is 2.40. The Morgan fingerprint density at radius 2 is 2.17 bits per heavy atom. The fourth-order valence-corrected chi connectivity index (χ4v) is 1.34. The zero-order chi connectivity index (χ0) is 8.55. The normalized spacial score (nSPS) is 23.8. The van der Waals surface area contributed by atoms with Gasteiger partial charge in [-0.2, -0.15) is 5.10 Å². The lowest BCUT2D eigenvalue weighted by molar-refractivity contribution is 0.274. The van der Waals surface area contributed by atoms with Gasteiger partial charge in [0.15, 0.2) is 6.23 Å². The third-order valence-corrected chi connectivity index (χ3v) is 1.89. The van der Waals surface area contributed by atoms with Crippen molar-refractivity contribution in [1.82, 2.24) is 0 Å². The number of rotatable bonds is 0. The van der Waals surface area contributed by atoms with Crippen molar-refractivity contribution >= 4 is 11.4 Å². The second kappa shape index (κ2) is 2.49. The molecule has 4 heteroatoms. The number of aliphatic hydroxyl groups excluding tert-OH is 1. The van der Waals surface area contributed by atoms with E-state index in [0.717, 1.165) is 11.3 Å². The molecule has 2 rings (SSSR count). The summed E-state index contributed by atoms with van der Waals surface area (Å²) in [5.41, 5.74) is 2.23. The molecule has 4 nitrogen and oxygen atoms in total. The number of anilines is 1. The number of nitrogens with zero attached hydrogens (tertiary/aromatic N) is 1. The summed E-state index contributed by atoms with van der Waals surface area (Å²) in [5.74, 6) is 5.13. The first-order valence-corrected chi connectivity index (χ1v) is 3.64. The molecule has 12 heavy (non-hydrogen) atoms. The van der Waals surface area contributed by atoms with Crippen molar-refractivity contribution in [3.63, 3.8) is 0 Å². The molecule has 0 saturated heterocycles. The van der Waals surface area contributed by atoms with E-state index in [0.29, 0.717) is 5.71 Å². The Morgan fingerprint density at radius 1 is 1.42 bits per heavy atom. The molecule has 1 atom stereocenters. The van der Waals surface area contributed by atoms with Gasteiger partial charge >= 0.3 is 0 Å². The van der Waals surface area contributed by atoms with Crippen LogP contribution in [-0.2, 0) is 0 Å². The minimum Gasteiger partial charge on any atom is -0.368 e. The van der Waals surface area contributed by atoms with Gasteiger partial charge in [-0.25, -0.2) is 0 Å². The van der Waals surface area contributed by atoms with Gasteiger partial charge in [0, 0.05) is 11.3 Å². The zero-order valence-electron chi connectivity index (χ0n) is 6.36. The highest BCUT2D eigenvalue weighted by atomic mass is 16.3. The molecular formula is C8H9N3O. The second-order valence-electron chi connectivity index (χ2n) is 2.61. The molecule has 1 aliphatic heterocycles. The van der Waals surface area contributed by atoms with Crippen LogP contribution in [0.25, 0.3) is 0 Å². The van der Waals surface area contributed by atoms with E-state index in [-0.39, 0.29) is 0 Å². The Hall–Kier alpha value is -1.55. The van der Waals surface area contributed by atoms with Crippen LogP contribution in [0.1, 0.15) is 5.56 Å². The van der Waals surface area contributed by atoms with Crippen molar-refractivity contribution < 1.29 is 5.11 Å². The number of hydrogen-bond donors (Lipinski definition) is 3. The highest BCUT2D eigenvalue weighted by molar-refractivity contribution is 6.12. The largest absolute Gasteiger partial charge is 0.368 e. The maximum Gasteiger partial charge on any atom is 0.170 e. The number of nitrogens with two attached hydrogens (primary N) is 1. The van der Waals surface area contributed by atoms with E-state index in [2.05, 4.69) is 10.4 Å². The van der Waals surface area contributed by atoms with Gasteiger partial charge in [-0.1, -0.05) is 18.2 Å². The Balaban J connectivity index is 2.55. The van der Waals surface area contributed by atoms with Gasteiger partial charge in [0.25, 0.3) is 0 Å². The highest BCUT2D eigenvalue weighted by Crippen LogP contribution is 2.24. The molecule has 0 aliphatic carbocycles. The molecule has 1 heterocycles. The first-order chi connectivity index (χ1) is 5.83. The molecule has 0 bridgehead atoms. The molecule has 0 fully saturated rings. The number of aliphatic hydroxyl groups is 1. The predicted molar refractivity (Wildman–Crippen MR) is 46.8 cm³/mol. The SMILES string of the molecule is N/N=C1/c2ccccc2NC1O. The van der Waals surface area contributed by atoms with Gasteiger partial charge < -0.3 is 16.3 Å². The van der Waals surface area contributed by atoms with E-state index in [4.69, 9.17) is 5.84 Å². The van der Waals surface area contributed by atoms with Crippen molar-refractivity contribution in [2.24, 2.45) is 10.9 Å². The van der Waals surface area contributed by atoms with Gasteiger partial charge in [-0.3, -0.25) is 0 Å². The topological polar surface area (TPSA) is 70.6 Å². The number of nitrogens with one attached hydrogen (secondary N) is 1. The van der Waals surface area contributed by atoms with Gasteiger partial charge in [0.05, 0.1) is 0 Å². The number of hydrazone groups is 1. The molecule has 1 aromatic rings. The van der Waals surface area contributed by atoms with Crippen LogP contribution in [0.3, 0.4) is 0 Å². The standard InChI is InChI=1S/C8H9N3O/c9-11-7-5-3-1-2-4-6(5)10-8(7)12/h1-4,8,10,12H,9H2/b11-7-. The second-order valence-corrected chi connectivity index (χ2v) is 2.61. The van der Waals surface area contributed by atoms with E-state index < -0.39 is 6.23 Å². The number of benzene rings is 1. The van der Waals surface area contributed by atoms with Crippen molar-refractivity contribution in [1.29, 1.82) is 0 Å². The van der Waals surface area contributed by atoms with Gasteiger partial charge in [-0.15, -0.1) is 0 Å². The summed E-state index contributed by atoms with van der Waals surface area (Å²) < 4.78 is 0. The lowest BCUT2D eigenvalue weighted by Crippen LogP contribution is -2.22. The van der Waals surface area contributed by atoms with Crippen LogP contribution in [0.5, 0.6) is 0 Å². The summed E-state index contributed by atoms with van der Waals surface area (Å²) in [4.78, 5) is 0. The van der Waals surface area contributed by atoms with Crippen molar-refractivity contribution in [3.05, 3.63) is 29.8 Å². The predicted octanol–water partition coefficient (Wildman–Crippen LogP) is 0.0933. The van der Waals surface area contributed by atoms with E-state index >= 15 is 0 Å². The summed E-state index contributed by atoms with van der Waals surface area (Å²) in [6.45, 7) is 0.